The number of carbonyl (C=O) groups excluding carboxylic acids is 1. The van der Waals surface area contributed by atoms with E-state index in [2.05, 4.69) is 5.32 Å². The lowest BCUT2D eigenvalue weighted by atomic mass is 9.95. The molecular formula is C14H11NO3. The van der Waals surface area contributed by atoms with Crippen LogP contribution in [0, 0.1) is 0 Å². The number of nitrogens with one attached hydrogen (secondary N) is 1. The minimum absolute atomic E-state index is 0.0905. The first-order chi connectivity index (χ1) is 8.66. The van der Waals surface area contributed by atoms with Gasteiger partial charge in [-0.25, -0.2) is 0 Å². The highest BCUT2D eigenvalue weighted by atomic mass is 16.4. The van der Waals surface area contributed by atoms with Crippen molar-refractivity contribution in [3.63, 3.8) is 0 Å². The largest absolute Gasteiger partial charge is 0.481 e. The molecule has 1 heterocycles. The third-order valence-electron chi connectivity index (χ3n) is 3.25. The first-order valence-electron chi connectivity index (χ1n) is 5.71. The summed E-state index contributed by atoms with van der Waals surface area (Å²) in [5, 5.41) is 13.6. The minimum Gasteiger partial charge on any atom is -0.481 e. The van der Waals surface area contributed by atoms with Crippen LogP contribution in [0.1, 0.15) is 28.4 Å². The van der Waals surface area contributed by atoms with Crippen molar-refractivity contribution < 1.29 is 14.7 Å². The van der Waals surface area contributed by atoms with Crippen molar-refractivity contribution >= 4 is 22.6 Å². The highest BCUT2D eigenvalue weighted by Gasteiger charge is 2.31. The van der Waals surface area contributed by atoms with Gasteiger partial charge in [-0.3, -0.25) is 9.59 Å². The van der Waals surface area contributed by atoms with E-state index in [0.717, 1.165) is 16.3 Å². The van der Waals surface area contributed by atoms with Gasteiger partial charge in [0, 0.05) is 5.56 Å². The van der Waals surface area contributed by atoms with E-state index in [1.165, 1.54) is 0 Å². The van der Waals surface area contributed by atoms with Crippen molar-refractivity contribution in [1.82, 2.24) is 5.32 Å². The van der Waals surface area contributed by atoms with Crippen LogP contribution in [0.15, 0.2) is 36.4 Å². The summed E-state index contributed by atoms with van der Waals surface area (Å²) in [4.78, 5) is 22.7. The van der Waals surface area contributed by atoms with Crippen LogP contribution in [0.5, 0.6) is 0 Å². The van der Waals surface area contributed by atoms with Crippen LogP contribution >= 0.6 is 0 Å². The second-order valence-corrected chi connectivity index (χ2v) is 4.37. The van der Waals surface area contributed by atoms with Crippen molar-refractivity contribution in [1.29, 1.82) is 0 Å². The Bertz CT molecular complexity index is 661. The Balaban J connectivity index is 2.23. The fraction of sp³-hybridized carbons (Fsp3) is 0.143. The van der Waals surface area contributed by atoms with Gasteiger partial charge in [-0.15, -0.1) is 0 Å². The highest BCUT2D eigenvalue weighted by Crippen LogP contribution is 2.34. The predicted molar refractivity (Wildman–Crippen MR) is 66.4 cm³/mol. The molecule has 1 atom stereocenters. The molecule has 0 radical (unpaired) electrons. The number of benzene rings is 2. The van der Waals surface area contributed by atoms with Crippen molar-refractivity contribution in [3.05, 3.63) is 47.5 Å². The normalized spacial score (nSPS) is 17.6. The van der Waals surface area contributed by atoms with E-state index in [4.69, 9.17) is 5.11 Å². The lowest BCUT2D eigenvalue weighted by Gasteiger charge is -2.11. The Hall–Kier alpha value is -2.36. The van der Waals surface area contributed by atoms with Gasteiger partial charge in [0.2, 0.25) is 0 Å². The zero-order valence-corrected chi connectivity index (χ0v) is 9.51. The topological polar surface area (TPSA) is 66.4 Å². The molecule has 3 rings (SSSR count). The summed E-state index contributed by atoms with van der Waals surface area (Å²) in [7, 11) is 0. The standard InChI is InChI=1S/C14H11NO3/c16-12(17)7-11-13-9-4-2-1-3-8(9)5-6-10(13)14(18)15-11/h1-6,11H,7H2,(H,15,18)(H,16,17)/t11-/m1/s1. The van der Waals surface area contributed by atoms with E-state index in [0.29, 0.717) is 5.56 Å². The zero-order valence-electron chi connectivity index (χ0n) is 9.51. The first-order valence-corrected chi connectivity index (χ1v) is 5.71. The maximum atomic E-state index is 11.8. The molecule has 1 aliphatic heterocycles. The molecule has 0 aliphatic carbocycles. The van der Waals surface area contributed by atoms with Gasteiger partial charge in [-0.05, 0) is 22.4 Å². The van der Waals surface area contributed by atoms with E-state index in [9.17, 15) is 9.59 Å². The van der Waals surface area contributed by atoms with Gasteiger partial charge < -0.3 is 10.4 Å². The van der Waals surface area contributed by atoms with E-state index >= 15 is 0 Å². The van der Waals surface area contributed by atoms with Gasteiger partial charge in [-0.2, -0.15) is 0 Å². The molecule has 2 N–H and O–H groups in total. The van der Waals surface area contributed by atoms with Crippen LogP contribution in [0.4, 0.5) is 0 Å². The van der Waals surface area contributed by atoms with Crippen molar-refractivity contribution in [3.8, 4) is 0 Å². The van der Waals surface area contributed by atoms with Crippen LogP contribution in [0.2, 0.25) is 0 Å². The molecule has 0 spiro atoms. The number of fused-ring (bicyclic) bond motifs is 3. The maximum Gasteiger partial charge on any atom is 0.305 e. The molecule has 18 heavy (non-hydrogen) atoms. The summed E-state index contributed by atoms with van der Waals surface area (Å²) < 4.78 is 0. The SMILES string of the molecule is O=C(O)C[C@H]1NC(=O)c2ccc3ccccc3c21. The second kappa shape index (κ2) is 3.84. The lowest BCUT2D eigenvalue weighted by molar-refractivity contribution is -0.137. The van der Waals surface area contributed by atoms with Crippen LogP contribution < -0.4 is 5.32 Å². The maximum absolute atomic E-state index is 11.8. The van der Waals surface area contributed by atoms with Gasteiger partial charge in [0.05, 0.1) is 12.5 Å². The molecule has 1 aliphatic rings. The van der Waals surface area contributed by atoms with Crippen molar-refractivity contribution in [2.75, 3.05) is 0 Å². The van der Waals surface area contributed by atoms with Gasteiger partial charge in [0.15, 0.2) is 0 Å². The number of carbonyl (C=O) groups is 2. The molecule has 0 fully saturated rings. The van der Waals surface area contributed by atoms with Gasteiger partial charge in [0.25, 0.3) is 5.91 Å². The molecule has 1 amide bonds. The summed E-state index contributed by atoms with van der Waals surface area (Å²) in [5.41, 5.74) is 1.39. The van der Waals surface area contributed by atoms with E-state index in [1.54, 1.807) is 6.07 Å². The quantitative estimate of drug-likeness (QED) is 0.846. The van der Waals surface area contributed by atoms with E-state index in [-0.39, 0.29) is 12.3 Å². The molecule has 4 heteroatoms. The second-order valence-electron chi connectivity index (χ2n) is 4.37. The molecule has 0 unspecified atom stereocenters. The number of hydrogen-bond donors (Lipinski definition) is 2. The smallest absolute Gasteiger partial charge is 0.305 e. The molecule has 0 aromatic heterocycles. The average molecular weight is 241 g/mol. The van der Waals surface area contributed by atoms with Crippen molar-refractivity contribution in [2.45, 2.75) is 12.5 Å². The van der Waals surface area contributed by atoms with Crippen LogP contribution in [-0.4, -0.2) is 17.0 Å². The Morgan fingerprint density at radius 2 is 2.00 bits per heavy atom. The van der Waals surface area contributed by atoms with E-state index < -0.39 is 12.0 Å². The summed E-state index contributed by atoms with van der Waals surface area (Å²) in [6.45, 7) is 0. The summed E-state index contributed by atoms with van der Waals surface area (Å²) >= 11 is 0. The Kier molecular flexibility index (Phi) is 2.30. The Morgan fingerprint density at radius 3 is 2.78 bits per heavy atom. The Labute approximate surface area is 103 Å². The monoisotopic (exact) mass is 241 g/mol. The molecular weight excluding hydrogens is 230 g/mol. The van der Waals surface area contributed by atoms with Gasteiger partial charge >= 0.3 is 5.97 Å². The third-order valence-corrected chi connectivity index (χ3v) is 3.25. The molecule has 2 aromatic carbocycles. The van der Waals surface area contributed by atoms with Crippen LogP contribution in [-0.2, 0) is 4.79 Å². The first kappa shape index (κ1) is 10.8. The van der Waals surface area contributed by atoms with E-state index in [1.807, 2.05) is 30.3 Å². The highest BCUT2D eigenvalue weighted by molar-refractivity contribution is 6.05. The van der Waals surface area contributed by atoms with Crippen LogP contribution in [0.25, 0.3) is 10.8 Å². The fourth-order valence-electron chi connectivity index (χ4n) is 2.50. The molecule has 0 saturated heterocycles. The number of hydrogen-bond acceptors (Lipinski definition) is 2. The number of rotatable bonds is 2. The molecule has 0 saturated carbocycles. The number of amides is 1. The fourth-order valence-corrected chi connectivity index (χ4v) is 2.50. The predicted octanol–water partition coefficient (Wildman–Crippen LogP) is 2.10. The van der Waals surface area contributed by atoms with Crippen molar-refractivity contribution in [2.24, 2.45) is 0 Å². The number of carboxylic acids is 1. The lowest BCUT2D eigenvalue weighted by Crippen LogP contribution is -2.21. The number of aliphatic carboxylic acids is 1. The third kappa shape index (κ3) is 1.54. The summed E-state index contributed by atoms with van der Waals surface area (Å²) in [6, 6.07) is 10.9. The van der Waals surface area contributed by atoms with Gasteiger partial charge in [-0.1, -0.05) is 30.3 Å². The molecule has 2 aromatic rings. The zero-order chi connectivity index (χ0) is 12.7. The molecule has 0 bridgehead atoms. The average Bonchev–Trinajstić information content (AvgIpc) is 2.66. The minimum atomic E-state index is -0.916. The number of carboxylic acid groups (broad SMARTS) is 1. The summed E-state index contributed by atoms with van der Waals surface area (Å²) in [6.07, 6.45) is -0.0905. The van der Waals surface area contributed by atoms with Gasteiger partial charge in [0.1, 0.15) is 0 Å². The Morgan fingerprint density at radius 1 is 1.22 bits per heavy atom. The van der Waals surface area contributed by atoms with Crippen LogP contribution in [0.3, 0.4) is 0 Å². The summed E-state index contributed by atoms with van der Waals surface area (Å²) in [5.74, 6) is -1.11. The molecule has 90 valence electrons. The molecule has 4 nitrogen and oxygen atoms in total.